The average molecular weight is 269 g/mol. The van der Waals surface area contributed by atoms with E-state index in [1.807, 2.05) is 45.2 Å². The van der Waals surface area contributed by atoms with Gasteiger partial charge in [0.15, 0.2) is 0 Å². The van der Waals surface area contributed by atoms with Crippen molar-refractivity contribution in [2.45, 2.75) is 46.5 Å². The van der Waals surface area contributed by atoms with E-state index in [-0.39, 0.29) is 0 Å². The maximum absolute atomic E-state index is 5.79. The van der Waals surface area contributed by atoms with Crippen LogP contribution >= 0.6 is 0 Å². The molecule has 0 N–H and O–H groups in total. The Morgan fingerprint density at radius 2 is 1.70 bits per heavy atom. The van der Waals surface area contributed by atoms with Gasteiger partial charge in [-0.2, -0.15) is 0 Å². The van der Waals surface area contributed by atoms with Crippen LogP contribution in [0.15, 0.2) is 36.5 Å². The second-order valence-corrected chi connectivity index (χ2v) is 4.91. The highest BCUT2D eigenvalue weighted by Crippen LogP contribution is 2.27. The summed E-state index contributed by atoms with van der Waals surface area (Å²) in [6.07, 6.45) is 6.81. The second-order valence-electron chi connectivity index (χ2n) is 4.91. The molecule has 1 aliphatic carbocycles. The smallest absolute Gasteiger partial charge is 0.219 e. The first-order valence-corrected chi connectivity index (χ1v) is 7.53. The van der Waals surface area contributed by atoms with Crippen molar-refractivity contribution in [2.75, 3.05) is 0 Å². The van der Waals surface area contributed by atoms with Gasteiger partial charge in [0.25, 0.3) is 0 Å². The molecule has 1 aromatic heterocycles. The Kier molecular flexibility index (Phi) is 5.16. The number of benzene rings is 1. The highest BCUT2D eigenvalue weighted by Gasteiger charge is 2.10. The van der Waals surface area contributed by atoms with E-state index in [1.165, 1.54) is 36.8 Å². The predicted octanol–water partition coefficient (Wildman–Crippen LogP) is 5.09. The van der Waals surface area contributed by atoms with Gasteiger partial charge in [0.2, 0.25) is 5.88 Å². The number of pyridine rings is 1. The van der Waals surface area contributed by atoms with Gasteiger partial charge in [-0.1, -0.05) is 26.0 Å². The monoisotopic (exact) mass is 269 g/mol. The van der Waals surface area contributed by atoms with Gasteiger partial charge in [-0.15, -0.1) is 0 Å². The fourth-order valence-electron chi connectivity index (χ4n) is 2.41. The van der Waals surface area contributed by atoms with Crippen LogP contribution in [-0.4, -0.2) is 4.98 Å². The number of nitrogens with zero attached hydrogens (tertiary/aromatic N) is 1. The van der Waals surface area contributed by atoms with Crippen molar-refractivity contribution in [3.8, 4) is 11.6 Å². The summed E-state index contributed by atoms with van der Waals surface area (Å²) < 4.78 is 5.79. The van der Waals surface area contributed by atoms with Gasteiger partial charge in [0.05, 0.1) is 0 Å². The molecule has 0 saturated heterocycles. The van der Waals surface area contributed by atoms with Crippen molar-refractivity contribution >= 4 is 0 Å². The Hall–Kier alpha value is -1.83. The molecule has 2 aromatic rings. The summed E-state index contributed by atoms with van der Waals surface area (Å²) in [5.74, 6) is 1.56. The summed E-state index contributed by atoms with van der Waals surface area (Å²) in [5, 5.41) is 0. The van der Waals surface area contributed by atoms with E-state index < -0.39 is 0 Å². The van der Waals surface area contributed by atoms with E-state index in [9.17, 15) is 0 Å². The van der Waals surface area contributed by atoms with Crippen molar-refractivity contribution in [3.05, 3.63) is 53.2 Å². The topological polar surface area (TPSA) is 22.1 Å². The van der Waals surface area contributed by atoms with E-state index in [0.717, 1.165) is 11.3 Å². The average Bonchev–Trinajstić information content (AvgIpc) is 2.51. The molecule has 1 aliphatic rings. The molecule has 106 valence electrons. The number of aryl methyl sites for hydroxylation is 3. The number of aromatic nitrogens is 1. The SMILES string of the molecule is CC.Cc1ccc(Oc2ccc3c(c2)CCCC3)nc1. The van der Waals surface area contributed by atoms with Crippen molar-refractivity contribution in [2.24, 2.45) is 0 Å². The van der Waals surface area contributed by atoms with Gasteiger partial charge in [0, 0.05) is 12.3 Å². The summed E-state index contributed by atoms with van der Waals surface area (Å²) in [6.45, 7) is 6.02. The van der Waals surface area contributed by atoms with Gasteiger partial charge >= 0.3 is 0 Å². The molecule has 0 bridgehead atoms. The lowest BCUT2D eigenvalue weighted by Crippen LogP contribution is -2.02. The maximum atomic E-state index is 5.79. The first-order valence-electron chi connectivity index (χ1n) is 7.53. The molecule has 0 spiro atoms. The van der Waals surface area contributed by atoms with Crippen LogP contribution in [0.1, 0.15) is 43.4 Å². The minimum atomic E-state index is 0.663. The van der Waals surface area contributed by atoms with Gasteiger partial charge in [-0.3, -0.25) is 0 Å². The fraction of sp³-hybridized carbons (Fsp3) is 0.389. The first kappa shape index (κ1) is 14.6. The quantitative estimate of drug-likeness (QED) is 0.757. The Labute approximate surface area is 121 Å². The standard InChI is InChI=1S/C16H17NO.C2H6/c1-12-6-9-16(17-11-12)18-15-8-7-13-4-2-3-5-14(13)10-15;1-2/h6-11H,2-5H2,1H3;1-2H3. The number of rotatable bonds is 2. The van der Waals surface area contributed by atoms with Crippen LogP contribution in [0.2, 0.25) is 0 Å². The molecule has 1 heterocycles. The Balaban J connectivity index is 0.000000704. The van der Waals surface area contributed by atoms with Crippen LogP contribution in [0.3, 0.4) is 0 Å². The summed E-state index contributed by atoms with van der Waals surface area (Å²) >= 11 is 0. The van der Waals surface area contributed by atoms with E-state index in [1.54, 1.807) is 0 Å². The molecule has 0 saturated carbocycles. The first-order chi connectivity index (χ1) is 9.81. The summed E-state index contributed by atoms with van der Waals surface area (Å²) in [6, 6.07) is 10.3. The minimum Gasteiger partial charge on any atom is -0.439 e. The van der Waals surface area contributed by atoms with Crippen LogP contribution in [0, 0.1) is 6.92 Å². The third-order valence-electron chi connectivity index (χ3n) is 3.43. The van der Waals surface area contributed by atoms with E-state index in [4.69, 9.17) is 4.74 Å². The molecule has 1 aromatic carbocycles. The summed E-state index contributed by atoms with van der Waals surface area (Å²) in [4.78, 5) is 4.26. The Morgan fingerprint density at radius 3 is 2.40 bits per heavy atom. The molecule has 3 rings (SSSR count). The van der Waals surface area contributed by atoms with Crippen LogP contribution in [0.5, 0.6) is 11.6 Å². The fourth-order valence-corrected chi connectivity index (χ4v) is 2.41. The zero-order valence-electron chi connectivity index (χ0n) is 12.6. The molecule has 0 unspecified atom stereocenters. The van der Waals surface area contributed by atoms with E-state index >= 15 is 0 Å². The summed E-state index contributed by atoms with van der Waals surface area (Å²) in [7, 11) is 0. The predicted molar refractivity (Wildman–Crippen MR) is 83.5 cm³/mol. The third kappa shape index (κ3) is 3.60. The van der Waals surface area contributed by atoms with Gasteiger partial charge in [-0.25, -0.2) is 4.98 Å². The van der Waals surface area contributed by atoms with Crippen molar-refractivity contribution in [1.29, 1.82) is 0 Å². The number of hydrogen-bond donors (Lipinski definition) is 0. The van der Waals surface area contributed by atoms with Crippen molar-refractivity contribution in [3.63, 3.8) is 0 Å². The molecule has 0 radical (unpaired) electrons. The third-order valence-corrected chi connectivity index (χ3v) is 3.43. The molecule has 20 heavy (non-hydrogen) atoms. The number of fused-ring (bicyclic) bond motifs is 1. The molecule has 0 amide bonds. The molecular formula is C18H23NO. The van der Waals surface area contributed by atoms with Crippen LogP contribution in [0.25, 0.3) is 0 Å². The lowest BCUT2D eigenvalue weighted by atomic mass is 9.92. The molecule has 0 aliphatic heterocycles. The number of ether oxygens (including phenoxy) is 1. The van der Waals surface area contributed by atoms with Crippen molar-refractivity contribution in [1.82, 2.24) is 4.98 Å². The van der Waals surface area contributed by atoms with Crippen LogP contribution < -0.4 is 4.74 Å². The molecule has 2 nitrogen and oxygen atoms in total. The molecular weight excluding hydrogens is 246 g/mol. The lowest BCUT2D eigenvalue weighted by Gasteiger charge is -2.16. The Bertz CT molecular complexity index is 546. The van der Waals surface area contributed by atoms with Crippen molar-refractivity contribution < 1.29 is 4.74 Å². The maximum Gasteiger partial charge on any atom is 0.219 e. The van der Waals surface area contributed by atoms with Gasteiger partial charge < -0.3 is 4.74 Å². The van der Waals surface area contributed by atoms with E-state index in [2.05, 4.69) is 17.1 Å². The summed E-state index contributed by atoms with van der Waals surface area (Å²) in [5.41, 5.74) is 4.06. The zero-order chi connectivity index (χ0) is 14.4. The minimum absolute atomic E-state index is 0.663. The van der Waals surface area contributed by atoms with Crippen LogP contribution in [0.4, 0.5) is 0 Å². The largest absolute Gasteiger partial charge is 0.439 e. The molecule has 2 heteroatoms. The van der Waals surface area contributed by atoms with Crippen LogP contribution in [-0.2, 0) is 12.8 Å². The molecule has 0 fully saturated rings. The van der Waals surface area contributed by atoms with E-state index in [0.29, 0.717) is 5.88 Å². The second kappa shape index (κ2) is 7.09. The normalized spacial score (nSPS) is 12.9. The zero-order valence-corrected chi connectivity index (χ0v) is 12.6. The number of hydrogen-bond acceptors (Lipinski definition) is 2. The molecule has 0 atom stereocenters. The lowest BCUT2D eigenvalue weighted by molar-refractivity contribution is 0.461. The highest BCUT2D eigenvalue weighted by molar-refractivity contribution is 5.38. The Morgan fingerprint density at radius 1 is 0.950 bits per heavy atom. The highest BCUT2D eigenvalue weighted by atomic mass is 16.5. The van der Waals surface area contributed by atoms with Gasteiger partial charge in [-0.05, 0) is 61.4 Å². The van der Waals surface area contributed by atoms with Gasteiger partial charge in [0.1, 0.15) is 5.75 Å².